The Balaban J connectivity index is 0.000000850. The zero-order chi connectivity index (χ0) is 30.9. The summed E-state index contributed by atoms with van der Waals surface area (Å²) in [4.78, 5) is 35.1. The fourth-order valence-electron chi connectivity index (χ4n) is 4.39. The molecule has 222 valence electrons. The normalized spacial score (nSPS) is 15.3. The smallest absolute Gasteiger partial charge is 0.364 e. The third kappa shape index (κ3) is 7.09. The van der Waals surface area contributed by atoms with Crippen molar-refractivity contribution in [2.24, 2.45) is 0 Å². The first-order chi connectivity index (χ1) is 18.9. The number of phosphoric acid groups is 1. The van der Waals surface area contributed by atoms with Gasteiger partial charge in [-0.05, 0) is 26.8 Å². The molecular formula is C23H25F5N7O5P. The number of alkyl halides is 3. The molecule has 41 heavy (non-hydrogen) atoms. The average Bonchev–Trinajstić information content (AvgIpc) is 3.40. The number of amides is 1. The van der Waals surface area contributed by atoms with Crippen LogP contribution < -0.4 is 10.2 Å². The van der Waals surface area contributed by atoms with E-state index in [1.165, 1.54) is 4.90 Å². The van der Waals surface area contributed by atoms with Crippen molar-refractivity contribution in [3.05, 3.63) is 53.1 Å². The average molecular weight is 605 g/mol. The molecule has 2 aromatic heterocycles. The molecular weight excluding hydrogens is 580 g/mol. The highest BCUT2D eigenvalue weighted by Crippen LogP contribution is 2.40. The quantitative estimate of drug-likeness (QED) is 0.209. The summed E-state index contributed by atoms with van der Waals surface area (Å²) < 4.78 is 78.2. The summed E-state index contributed by atoms with van der Waals surface area (Å²) in [6, 6.07) is 1.24. The van der Waals surface area contributed by atoms with Crippen molar-refractivity contribution in [2.75, 3.05) is 18.0 Å². The molecule has 1 aromatic carbocycles. The van der Waals surface area contributed by atoms with E-state index in [1.807, 2.05) is 13.8 Å². The van der Waals surface area contributed by atoms with Crippen LogP contribution in [0.5, 0.6) is 0 Å². The summed E-state index contributed by atoms with van der Waals surface area (Å²) in [5, 5.41) is 22.4. The second kappa shape index (κ2) is 11.6. The van der Waals surface area contributed by atoms with E-state index in [0.717, 1.165) is 28.6 Å². The Morgan fingerprint density at radius 2 is 1.80 bits per heavy atom. The number of nitrogens with one attached hydrogen (secondary N) is 2. The maximum absolute atomic E-state index is 14.9. The van der Waals surface area contributed by atoms with Crippen molar-refractivity contribution >= 4 is 19.4 Å². The number of aryl methyl sites for hydroxylation is 1. The van der Waals surface area contributed by atoms with Crippen LogP contribution in [0.4, 0.5) is 27.6 Å². The maximum Gasteiger partial charge on any atom is 0.466 e. The van der Waals surface area contributed by atoms with Crippen molar-refractivity contribution in [1.82, 2.24) is 25.3 Å². The standard InChI is InChI=1S/C23H22F5N7O.H3O4P/c1-12-16(8-30-33-12)17-9-31-35(13(17)2)22(4-5-29)10-34(11-22)20-7-18(24)15(6-19(20)25)21(36)32-14(3)23(26,27)28;1-5(2,3)4/h6-9,14H,4,10-11H2,1-3H3,(H,30,33)(H,32,36);(H3,1,2,3,4)/t14-;/m0./s1. The van der Waals surface area contributed by atoms with Crippen LogP contribution in [0.2, 0.25) is 0 Å². The second-order valence-corrected chi connectivity index (χ2v) is 10.4. The predicted octanol–water partition coefficient (Wildman–Crippen LogP) is 3.05. The number of nitrogens with zero attached hydrogens (tertiary/aromatic N) is 5. The van der Waals surface area contributed by atoms with E-state index in [0.29, 0.717) is 13.0 Å². The van der Waals surface area contributed by atoms with Gasteiger partial charge in [0.05, 0.1) is 36.1 Å². The lowest BCUT2D eigenvalue weighted by molar-refractivity contribution is -0.149. The first-order valence-electron chi connectivity index (χ1n) is 11.7. The molecule has 1 fully saturated rings. The van der Waals surface area contributed by atoms with Gasteiger partial charge in [0.25, 0.3) is 5.91 Å². The predicted molar refractivity (Wildman–Crippen MR) is 133 cm³/mol. The second-order valence-electron chi connectivity index (χ2n) is 9.41. The molecule has 5 N–H and O–H groups in total. The van der Waals surface area contributed by atoms with Crippen molar-refractivity contribution in [1.29, 1.82) is 5.26 Å². The van der Waals surface area contributed by atoms with Gasteiger partial charge in [-0.1, -0.05) is 0 Å². The minimum absolute atomic E-state index is 0.0513. The van der Waals surface area contributed by atoms with Gasteiger partial charge in [-0.15, -0.1) is 0 Å². The zero-order valence-electron chi connectivity index (χ0n) is 21.7. The molecule has 1 aliphatic heterocycles. The van der Waals surface area contributed by atoms with Crippen LogP contribution in [-0.4, -0.2) is 65.9 Å². The van der Waals surface area contributed by atoms with Gasteiger partial charge in [0.15, 0.2) is 0 Å². The summed E-state index contributed by atoms with van der Waals surface area (Å²) in [5.74, 6) is -3.51. The van der Waals surface area contributed by atoms with Crippen LogP contribution in [0.25, 0.3) is 11.1 Å². The van der Waals surface area contributed by atoms with Gasteiger partial charge in [-0.2, -0.15) is 28.6 Å². The minimum Gasteiger partial charge on any atom is -0.364 e. The minimum atomic E-state index is -4.73. The van der Waals surface area contributed by atoms with Gasteiger partial charge in [0.1, 0.15) is 23.2 Å². The first kappa shape index (κ1) is 31.7. The molecule has 0 bridgehead atoms. The van der Waals surface area contributed by atoms with Gasteiger partial charge < -0.3 is 24.9 Å². The first-order valence-corrected chi connectivity index (χ1v) is 13.3. The van der Waals surface area contributed by atoms with E-state index < -0.39 is 48.7 Å². The Morgan fingerprint density at radius 1 is 1.20 bits per heavy atom. The van der Waals surface area contributed by atoms with E-state index in [2.05, 4.69) is 21.4 Å². The lowest BCUT2D eigenvalue weighted by Gasteiger charge is -2.50. The molecule has 1 aliphatic rings. The number of benzene rings is 1. The largest absolute Gasteiger partial charge is 0.466 e. The lowest BCUT2D eigenvalue weighted by Crippen LogP contribution is -2.63. The number of aromatic nitrogens is 4. The third-order valence-corrected chi connectivity index (χ3v) is 6.42. The SMILES string of the molecule is Cc1[nH]ncc1-c1cnn(C2(CC#N)CN(c3cc(F)c(C(=O)N[C@@H](C)C(F)(F)F)cc3F)C2)c1C.O=P(O)(O)O. The summed E-state index contributed by atoms with van der Waals surface area (Å²) in [5.41, 5.74) is 1.47. The van der Waals surface area contributed by atoms with Crippen molar-refractivity contribution < 1.29 is 46.0 Å². The molecule has 3 heterocycles. The Hall–Kier alpha value is -3.84. The third-order valence-electron chi connectivity index (χ3n) is 6.42. The fraction of sp³-hybridized carbons (Fsp3) is 0.391. The maximum atomic E-state index is 14.9. The Morgan fingerprint density at radius 3 is 2.32 bits per heavy atom. The molecule has 0 aliphatic carbocycles. The number of hydrogen-bond donors (Lipinski definition) is 5. The van der Waals surface area contributed by atoms with Crippen LogP contribution in [0.3, 0.4) is 0 Å². The molecule has 0 radical (unpaired) electrons. The molecule has 1 saturated heterocycles. The van der Waals surface area contributed by atoms with Gasteiger partial charge in [0.2, 0.25) is 0 Å². The molecule has 1 amide bonds. The van der Waals surface area contributed by atoms with Crippen LogP contribution in [0.1, 0.15) is 35.1 Å². The van der Waals surface area contributed by atoms with Gasteiger partial charge in [-0.25, -0.2) is 13.3 Å². The molecule has 3 aromatic rings. The number of hydrogen-bond acceptors (Lipinski definition) is 6. The highest BCUT2D eigenvalue weighted by molar-refractivity contribution is 7.45. The lowest BCUT2D eigenvalue weighted by atomic mass is 9.85. The highest BCUT2D eigenvalue weighted by atomic mass is 31.2. The number of rotatable bonds is 6. The Kier molecular flexibility index (Phi) is 8.94. The van der Waals surface area contributed by atoms with Crippen LogP contribution in [-0.2, 0) is 10.1 Å². The molecule has 4 rings (SSSR count). The Labute approximate surface area is 229 Å². The van der Waals surface area contributed by atoms with Gasteiger partial charge in [0, 0.05) is 41.7 Å². The van der Waals surface area contributed by atoms with E-state index in [-0.39, 0.29) is 25.2 Å². The summed E-state index contributed by atoms with van der Waals surface area (Å²) in [7, 11) is -4.64. The van der Waals surface area contributed by atoms with E-state index >= 15 is 0 Å². The summed E-state index contributed by atoms with van der Waals surface area (Å²) in [6.07, 6.45) is -1.35. The topological polar surface area (TPSA) is 180 Å². The molecule has 0 saturated carbocycles. The van der Waals surface area contributed by atoms with Crippen molar-refractivity contribution in [3.8, 4) is 17.2 Å². The molecule has 0 spiro atoms. The molecule has 0 unspecified atom stereocenters. The number of H-pyrrole nitrogens is 1. The van der Waals surface area contributed by atoms with Crippen LogP contribution in [0.15, 0.2) is 24.5 Å². The summed E-state index contributed by atoms with van der Waals surface area (Å²) in [6.45, 7) is 4.65. The van der Waals surface area contributed by atoms with Crippen molar-refractivity contribution in [3.63, 3.8) is 0 Å². The monoisotopic (exact) mass is 605 g/mol. The number of anilines is 1. The van der Waals surface area contributed by atoms with Gasteiger partial charge >= 0.3 is 14.0 Å². The van der Waals surface area contributed by atoms with E-state index in [1.54, 1.807) is 22.4 Å². The number of aromatic amines is 1. The van der Waals surface area contributed by atoms with Crippen LogP contribution in [0, 0.1) is 36.8 Å². The van der Waals surface area contributed by atoms with Crippen molar-refractivity contribution in [2.45, 2.75) is 44.9 Å². The van der Waals surface area contributed by atoms with Crippen LogP contribution >= 0.6 is 7.82 Å². The molecule has 18 heteroatoms. The van der Waals surface area contributed by atoms with E-state index in [4.69, 9.17) is 19.2 Å². The summed E-state index contributed by atoms with van der Waals surface area (Å²) >= 11 is 0. The highest BCUT2D eigenvalue weighted by Gasteiger charge is 2.47. The number of carbonyl (C=O) groups is 1. The molecule has 1 atom stereocenters. The number of halogens is 5. The van der Waals surface area contributed by atoms with E-state index in [9.17, 15) is 32.0 Å². The molecule has 12 nitrogen and oxygen atoms in total. The fourth-order valence-corrected chi connectivity index (χ4v) is 4.39. The number of carbonyl (C=O) groups excluding carboxylic acids is 1. The number of nitriles is 1. The zero-order valence-corrected chi connectivity index (χ0v) is 22.6. The van der Waals surface area contributed by atoms with Gasteiger partial charge in [-0.3, -0.25) is 14.6 Å². The Bertz CT molecular complexity index is 1510.